The van der Waals surface area contributed by atoms with Gasteiger partial charge in [0, 0.05) is 22.5 Å². The summed E-state index contributed by atoms with van der Waals surface area (Å²) < 4.78 is 0. The molecule has 0 aliphatic heterocycles. The molecule has 302 valence electrons. The highest BCUT2D eigenvalue weighted by Gasteiger charge is 2.51. The van der Waals surface area contributed by atoms with E-state index in [0.717, 1.165) is 11.4 Å². The molecule has 63 heavy (non-hydrogen) atoms. The summed E-state index contributed by atoms with van der Waals surface area (Å²) in [5.41, 5.74) is 25.1. The smallest absolute Gasteiger partial charge is 0.0725 e. The molecule has 0 heterocycles. The second kappa shape index (κ2) is 13.6. The topological polar surface area (TPSA) is 3.24 Å². The van der Waals surface area contributed by atoms with E-state index in [0.29, 0.717) is 0 Å². The first kappa shape index (κ1) is 37.5. The van der Waals surface area contributed by atoms with Crippen LogP contribution in [0.3, 0.4) is 0 Å². The molecule has 9 aromatic carbocycles. The number of hydrogen-bond donors (Lipinski definition) is 0. The third-order valence-electron chi connectivity index (χ3n) is 14.4. The van der Waals surface area contributed by atoms with E-state index in [1.54, 1.807) is 0 Å². The number of fused-ring (bicyclic) bond motifs is 13. The van der Waals surface area contributed by atoms with Gasteiger partial charge < -0.3 is 4.90 Å². The van der Waals surface area contributed by atoms with Crippen LogP contribution in [0.2, 0.25) is 0 Å². The maximum atomic E-state index is 2.52. The van der Waals surface area contributed by atoms with Gasteiger partial charge in [-0.25, -0.2) is 0 Å². The minimum atomic E-state index is -0.393. The van der Waals surface area contributed by atoms with Crippen LogP contribution in [0.4, 0.5) is 17.1 Å². The van der Waals surface area contributed by atoms with Crippen molar-refractivity contribution >= 4 is 17.1 Å². The Hall–Kier alpha value is -7.22. The summed E-state index contributed by atoms with van der Waals surface area (Å²) in [7, 11) is 0. The quantitative estimate of drug-likeness (QED) is 0.167. The maximum absolute atomic E-state index is 2.52. The van der Waals surface area contributed by atoms with Crippen LogP contribution in [-0.2, 0) is 16.2 Å². The molecule has 1 nitrogen and oxygen atoms in total. The molecular formula is C62H49N. The molecule has 0 saturated heterocycles. The van der Waals surface area contributed by atoms with Crippen molar-refractivity contribution in [3.05, 3.63) is 245 Å². The number of nitrogens with zero attached hydrogens (tertiary/aromatic N) is 1. The molecule has 9 aromatic rings. The fraction of sp³-hybridized carbons (Fsp3) is 0.129. The summed E-state index contributed by atoms with van der Waals surface area (Å²) in [4.78, 5) is 2.52. The molecule has 0 atom stereocenters. The number of rotatable bonds is 5. The van der Waals surface area contributed by atoms with E-state index < -0.39 is 5.41 Å². The van der Waals surface area contributed by atoms with Gasteiger partial charge in [-0.1, -0.05) is 198 Å². The summed E-state index contributed by atoms with van der Waals surface area (Å²) >= 11 is 0. The Bertz CT molecular complexity index is 3240. The lowest BCUT2D eigenvalue weighted by Crippen LogP contribution is -2.25. The molecule has 12 rings (SSSR count). The van der Waals surface area contributed by atoms with Gasteiger partial charge in [0.05, 0.1) is 5.41 Å². The van der Waals surface area contributed by atoms with E-state index in [1.165, 1.54) is 100 Å². The van der Waals surface area contributed by atoms with Crippen molar-refractivity contribution < 1.29 is 0 Å². The van der Waals surface area contributed by atoms with Crippen LogP contribution in [0.15, 0.2) is 206 Å². The molecule has 0 unspecified atom stereocenters. The second-order valence-corrected chi connectivity index (χ2v) is 19.3. The van der Waals surface area contributed by atoms with E-state index in [1.807, 2.05) is 0 Å². The first-order valence-corrected chi connectivity index (χ1v) is 22.4. The van der Waals surface area contributed by atoms with Crippen molar-refractivity contribution in [2.45, 2.75) is 50.9 Å². The minimum absolute atomic E-state index is 0.0754. The van der Waals surface area contributed by atoms with E-state index in [-0.39, 0.29) is 10.8 Å². The summed E-state index contributed by atoms with van der Waals surface area (Å²) in [6.07, 6.45) is 0. The first-order valence-electron chi connectivity index (χ1n) is 22.4. The highest BCUT2D eigenvalue weighted by molar-refractivity contribution is 5.96. The third-order valence-corrected chi connectivity index (χ3v) is 14.4. The van der Waals surface area contributed by atoms with E-state index in [2.05, 4.69) is 246 Å². The van der Waals surface area contributed by atoms with Crippen molar-refractivity contribution in [1.82, 2.24) is 0 Å². The van der Waals surface area contributed by atoms with Gasteiger partial charge >= 0.3 is 0 Å². The van der Waals surface area contributed by atoms with Crippen molar-refractivity contribution in [2.75, 3.05) is 4.90 Å². The fourth-order valence-corrected chi connectivity index (χ4v) is 11.5. The van der Waals surface area contributed by atoms with E-state index >= 15 is 0 Å². The van der Waals surface area contributed by atoms with Crippen molar-refractivity contribution in [3.63, 3.8) is 0 Å². The first-order chi connectivity index (χ1) is 30.6. The summed E-state index contributed by atoms with van der Waals surface area (Å²) in [5, 5.41) is 0. The summed E-state index contributed by atoms with van der Waals surface area (Å²) in [5.74, 6) is 0. The lowest BCUT2D eigenvalue weighted by molar-refractivity contribution is 0.591. The van der Waals surface area contributed by atoms with Gasteiger partial charge in [-0.05, 0) is 142 Å². The van der Waals surface area contributed by atoms with E-state index in [4.69, 9.17) is 0 Å². The molecule has 0 amide bonds. The zero-order valence-electron chi connectivity index (χ0n) is 36.6. The SMILES string of the molecule is CC(C)(C)c1cc(-c2ccccc2)ccc1N(c1cccc(-c2ccc3c(c2)C2(c4ccccc4-c4ccccc42)c2ccccc2-3)c1)c1ccc2c(c1)-c1ccccc1C2(C)C. The Kier molecular flexibility index (Phi) is 8.13. The number of hydrogen-bond acceptors (Lipinski definition) is 1. The van der Waals surface area contributed by atoms with Crippen molar-refractivity contribution in [3.8, 4) is 55.6 Å². The second-order valence-electron chi connectivity index (χ2n) is 19.3. The van der Waals surface area contributed by atoms with Crippen LogP contribution in [0.5, 0.6) is 0 Å². The zero-order chi connectivity index (χ0) is 42.7. The Balaban J connectivity index is 1.06. The average molecular weight is 808 g/mol. The highest BCUT2D eigenvalue weighted by Crippen LogP contribution is 2.63. The highest BCUT2D eigenvalue weighted by atomic mass is 15.1. The van der Waals surface area contributed by atoms with Crippen LogP contribution < -0.4 is 4.90 Å². The van der Waals surface area contributed by atoms with Crippen molar-refractivity contribution in [2.24, 2.45) is 0 Å². The Morgan fingerprint density at radius 1 is 0.333 bits per heavy atom. The van der Waals surface area contributed by atoms with Gasteiger partial charge in [0.1, 0.15) is 0 Å². The van der Waals surface area contributed by atoms with Crippen LogP contribution in [0.1, 0.15) is 73.6 Å². The van der Waals surface area contributed by atoms with Gasteiger partial charge in [0.2, 0.25) is 0 Å². The normalized spacial score (nSPS) is 14.4. The summed E-state index contributed by atoms with van der Waals surface area (Å²) in [6, 6.07) is 77.7. The molecule has 0 fully saturated rings. The van der Waals surface area contributed by atoms with E-state index in [9.17, 15) is 0 Å². The summed E-state index contributed by atoms with van der Waals surface area (Å²) in [6.45, 7) is 11.7. The molecule has 3 aliphatic carbocycles. The predicted octanol–water partition coefficient (Wildman–Crippen LogP) is 16.4. The minimum Gasteiger partial charge on any atom is -0.310 e. The molecule has 0 bridgehead atoms. The predicted molar refractivity (Wildman–Crippen MR) is 265 cm³/mol. The molecule has 0 radical (unpaired) electrons. The molecule has 0 N–H and O–H groups in total. The maximum Gasteiger partial charge on any atom is 0.0725 e. The number of benzene rings is 9. The van der Waals surface area contributed by atoms with Gasteiger partial charge in [0.25, 0.3) is 0 Å². The Labute approximate surface area is 372 Å². The molecule has 3 aliphatic rings. The Morgan fingerprint density at radius 2 is 0.810 bits per heavy atom. The van der Waals surface area contributed by atoms with Crippen LogP contribution in [-0.4, -0.2) is 0 Å². The van der Waals surface area contributed by atoms with Crippen LogP contribution in [0.25, 0.3) is 55.6 Å². The largest absolute Gasteiger partial charge is 0.310 e. The standard InChI is InChI=1S/C62H49N/c1-60(2,3)58-38-42(40-18-7-6-8-19-40)31-35-59(58)63(45-32-34-53-51(39-45)49-25-9-13-26-52(49)61(53,4)5)44-21-17-20-41(36-44)43-30-33-50-48-24-12-16-29-56(48)62(57(50)37-43)54-27-14-10-22-46(54)47-23-11-15-28-55(47)62/h6-39H,1-5H3. The van der Waals surface area contributed by atoms with Gasteiger partial charge in [0.15, 0.2) is 0 Å². The molecule has 1 spiro atoms. The van der Waals surface area contributed by atoms with Crippen LogP contribution >= 0.6 is 0 Å². The number of anilines is 3. The average Bonchev–Trinajstić information content (AvgIpc) is 3.87. The molecule has 0 saturated carbocycles. The molecular weight excluding hydrogens is 759 g/mol. The molecule has 0 aromatic heterocycles. The third kappa shape index (κ3) is 5.42. The monoisotopic (exact) mass is 807 g/mol. The lowest BCUT2D eigenvalue weighted by Gasteiger charge is -2.33. The fourth-order valence-electron chi connectivity index (χ4n) is 11.5. The van der Waals surface area contributed by atoms with Gasteiger partial charge in [-0.3, -0.25) is 0 Å². The van der Waals surface area contributed by atoms with Gasteiger partial charge in [-0.15, -0.1) is 0 Å². The van der Waals surface area contributed by atoms with Gasteiger partial charge in [-0.2, -0.15) is 0 Å². The molecule has 1 heteroatoms. The van der Waals surface area contributed by atoms with Crippen molar-refractivity contribution in [1.29, 1.82) is 0 Å². The van der Waals surface area contributed by atoms with Crippen LogP contribution in [0, 0.1) is 0 Å². The Morgan fingerprint density at radius 3 is 1.44 bits per heavy atom. The lowest BCUT2D eigenvalue weighted by atomic mass is 9.70. The zero-order valence-corrected chi connectivity index (χ0v) is 36.6.